The van der Waals surface area contributed by atoms with Gasteiger partial charge in [0.2, 0.25) is 0 Å². The maximum Gasteiger partial charge on any atom is 0.0682 e. The van der Waals surface area contributed by atoms with Crippen molar-refractivity contribution in [2.75, 3.05) is 6.61 Å². The molecule has 2 heteroatoms. The van der Waals surface area contributed by atoms with E-state index in [1.165, 1.54) is 18.4 Å². The van der Waals surface area contributed by atoms with E-state index in [-0.39, 0.29) is 0 Å². The van der Waals surface area contributed by atoms with Crippen LogP contribution in [0.5, 0.6) is 0 Å². The summed E-state index contributed by atoms with van der Waals surface area (Å²) in [4.78, 5) is 4.48. The quantitative estimate of drug-likeness (QED) is 0.537. The first-order valence-corrected chi connectivity index (χ1v) is 5.11. The Balaban J connectivity index is 0.000000671. The highest BCUT2D eigenvalue weighted by atomic mass is 16.6. The molecule has 0 unspecified atom stereocenters. The Labute approximate surface area is 81.4 Å². The summed E-state index contributed by atoms with van der Waals surface area (Å²) >= 11 is 0. The van der Waals surface area contributed by atoms with Gasteiger partial charge in [0.1, 0.15) is 0 Å². The molecule has 1 aliphatic carbocycles. The number of hydrogen-bond acceptors (Lipinski definition) is 2. The highest BCUT2D eigenvalue weighted by Crippen LogP contribution is 2.14. The van der Waals surface area contributed by atoms with Gasteiger partial charge in [0.15, 0.2) is 0 Å². The fourth-order valence-electron chi connectivity index (χ4n) is 1.21. The van der Waals surface area contributed by atoms with Crippen LogP contribution >= 0.6 is 0 Å². The normalized spacial score (nSPS) is 14.5. The molecule has 0 saturated carbocycles. The molecule has 0 aliphatic heterocycles. The Kier molecular flexibility index (Phi) is 9.05. The van der Waals surface area contributed by atoms with Gasteiger partial charge in [-0.2, -0.15) is 0 Å². The van der Waals surface area contributed by atoms with Crippen LogP contribution in [0.4, 0.5) is 0 Å². The molecule has 0 aromatic rings. The Morgan fingerprint density at radius 2 is 2.15 bits per heavy atom. The molecule has 1 rings (SSSR count). The molecular formula is C11H21NO. The Morgan fingerprint density at radius 1 is 1.38 bits per heavy atom. The van der Waals surface area contributed by atoms with E-state index in [1.807, 2.05) is 13.8 Å². The number of allylic oxidation sites excluding steroid dienone is 4. The third-order valence-corrected chi connectivity index (χ3v) is 1.80. The van der Waals surface area contributed by atoms with Crippen LogP contribution in [0.25, 0.3) is 0 Å². The van der Waals surface area contributed by atoms with Crippen molar-refractivity contribution in [3.05, 3.63) is 23.8 Å². The van der Waals surface area contributed by atoms with E-state index in [0.29, 0.717) is 6.61 Å². The van der Waals surface area contributed by atoms with Gasteiger partial charge in [-0.05, 0) is 25.7 Å². The summed E-state index contributed by atoms with van der Waals surface area (Å²) < 4.78 is 0. The number of rotatable bonds is 4. The lowest BCUT2D eigenvalue weighted by Crippen LogP contribution is -2.00. The summed E-state index contributed by atoms with van der Waals surface area (Å²) in [6.07, 6.45) is 11.2. The van der Waals surface area contributed by atoms with Crippen molar-refractivity contribution in [1.82, 2.24) is 0 Å². The largest absolute Gasteiger partial charge is 0.305 e. The Hall–Kier alpha value is -0.600. The highest BCUT2D eigenvalue weighted by molar-refractivity contribution is 5.21. The van der Waals surface area contributed by atoms with Crippen LogP contribution in [0.15, 0.2) is 23.8 Å². The molecule has 0 aromatic carbocycles. The zero-order valence-electron chi connectivity index (χ0n) is 8.75. The van der Waals surface area contributed by atoms with E-state index in [0.717, 1.165) is 12.8 Å². The van der Waals surface area contributed by atoms with Crippen LogP contribution in [-0.4, -0.2) is 6.61 Å². The summed E-state index contributed by atoms with van der Waals surface area (Å²) in [6.45, 7) is 4.66. The molecule has 0 spiro atoms. The van der Waals surface area contributed by atoms with Gasteiger partial charge in [-0.15, -0.1) is 0 Å². The number of nitrogens with two attached hydrogens (primary N) is 1. The lowest BCUT2D eigenvalue weighted by Gasteiger charge is -2.05. The van der Waals surface area contributed by atoms with Gasteiger partial charge < -0.3 is 4.84 Å². The molecule has 0 radical (unpaired) electrons. The molecule has 0 saturated heterocycles. The van der Waals surface area contributed by atoms with Gasteiger partial charge in [-0.25, -0.2) is 5.90 Å². The predicted molar refractivity (Wildman–Crippen MR) is 57.2 cm³/mol. The lowest BCUT2D eigenvalue weighted by molar-refractivity contribution is 0.136. The van der Waals surface area contributed by atoms with Gasteiger partial charge in [0, 0.05) is 0 Å². The molecule has 0 atom stereocenters. The molecule has 2 N–H and O–H groups in total. The monoisotopic (exact) mass is 183 g/mol. The average molecular weight is 183 g/mol. The molecule has 13 heavy (non-hydrogen) atoms. The van der Waals surface area contributed by atoms with E-state index in [2.05, 4.69) is 23.1 Å². The summed E-state index contributed by atoms with van der Waals surface area (Å²) in [7, 11) is 0. The van der Waals surface area contributed by atoms with Crippen LogP contribution in [0.1, 0.15) is 39.5 Å². The lowest BCUT2D eigenvalue weighted by atomic mass is 10.0. The molecule has 0 amide bonds. The van der Waals surface area contributed by atoms with E-state index in [4.69, 9.17) is 5.90 Å². The van der Waals surface area contributed by atoms with E-state index >= 15 is 0 Å². The van der Waals surface area contributed by atoms with Gasteiger partial charge in [-0.3, -0.25) is 0 Å². The average Bonchev–Trinajstić information content (AvgIpc) is 2.23. The second-order valence-electron chi connectivity index (χ2n) is 2.73. The fourth-order valence-corrected chi connectivity index (χ4v) is 1.21. The minimum atomic E-state index is 0.658. The topological polar surface area (TPSA) is 35.2 Å². The minimum Gasteiger partial charge on any atom is -0.305 e. The van der Waals surface area contributed by atoms with Crippen LogP contribution in [0, 0.1) is 0 Å². The van der Waals surface area contributed by atoms with Crippen LogP contribution < -0.4 is 5.90 Å². The first-order valence-electron chi connectivity index (χ1n) is 5.11. The Bertz CT molecular complexity index is 161. The van der Waals surface area contributed by atoms with Gasteiger partial charge in [-0.1, -0.05) is 37.6 Å². The second kappa shape index (κ2) is 9.49. The summed E-state index contributed by atoms with van der Waals surface area (Å²) in [5.74, 6) is 4.91. The smallest absolute Gasteiger partial charge is 0.0682 e. The molecule has 1 aliphatic rings. The van der Waals surface area contributed by atoms with Crippen molar-refractivity contribution in [3.63, 3.8) is 0 Å². The zero-order chi connectivity index (χ0) is 9.94. The van der Waals surface area contributed by atoms with Crippen molar-refractivity contribution in [2.45, 2.75) is 39.5 Å². The SMILES string of the molecule is CC.NOCCCC1=CCCC=C1. The molecular weight excluding hydrogens is 162 g/mol. The summed E-state index contributed by atoms with van der Waals surface area (Å²) in [6, 6.07) is 0. The molecule has 0 fully saturated rings. The standard InChI is InChI=1S/C9H15NO.C2H6/c10-11-8-4-7-9-5-2-1-3-6-9;1-2/h2,5-6H,1,3-4,7-8,10H2;1-2H3. The van der Waals surface area contributed by atoms with Gasteiger partial charge in [0.05, 0.1) is 6.61 Å². The highest BCUT2D eigenvalue weighted by Gasteiger charge is 1.96. The van der Waals surface area contributed by atoms with Crippen LogP contribution in [-0.2, 0) is 4.84 Å². The first kappa shape index (κ1) is 12.4. The van der Waals surface area contributed by atoms with Gasteiger partial charge >= 0.3 is 0 Å². The van der Waals surface area contributed by atoms with E-state index in [9.17, 15) is 0 Å². The molecule has 0 heterocycles. The van der Waals surface area contributed by atoms with Crippen LogP contribution in [0.2, 0.25) is 0 Å². The molecule has 0 aromatic heterocycles. The van der Waals surface area contributed by atoms with Crippen molar-refractivity contribution in [3.8, 4) is 0 Å². The third kappa shape index (κ3) is 6.55. The van der Waals surface area contributed by atoms with Crippen molar-refractivity contribution in [2.24, 2.45) is 5.90 Å². The molecule has 0 bridgehead atoms. The third-order valence-electron chi connectivity index (χ3n) is 1.80. The van der Waals surface area contributed by atoms with Crippen molar-refractivity contribution < 1.29 is 4.84 Å². The number of hydrogen-bond donors (Lipinski definition) is 1. The van der Waals surface area contributed by atoms with E-state index < -0.39 is 0 Å². The predicted octanol–water partition coefficient (Wildman–Crippen LogP) is 2.96. The van der Waals surface area contributed by atoms with Crippen molar-refractivity contribution in [1.29, 1.82) is 0 Å². The zero-order valence-corrected chi connectivity index (χ0v) is 8.75. The second-order valence-corrected chi connectivity index (χ2v) is 2.73. The summed E-state index contributed by atoms with van der Waals surface area (Å²) in [5, 5.41) is 0. The van der Waals surface area contributed by atoms with E-state index in [1.54, 1.807) is 0 Å². The maximum atomic E-state index is 4.91. The van der Waals surface area contributed by atoms with Crippen molar-refractivity contribution >= 4 is 0 Å². The van der Waals surface area contributed by atoms with Gasteiger partial charge in [0.25, 0.3) is 0 Å². The fraction of sp³-hybridized carbons (Fsp3) is 0.636. The molecule has 2 nitrogen and oxygen atoms in total. The first-order chi connectivity index (χ1) is 6.43. The molecule has 76 valence electrons. The maximum absolute atomic E-state index is 4.91. The minimum absolute atomic E-state index is 0.658. The van der Waals surface area contributed by atoms with Crippen LogP contribution in [0.3, 0.4) is 0 Å². The Morgan fingerprint density at radius 3 is 2.69 bits per heavy atom. The summed E-state index contributed by atoms with van der Waals surface area (Å²) in [5.41, 5.74) is 1.42.